The van der Waals surface area contributed by atoms with Gasteiger partial charge in [0.2, 0.25) is 5.91 Å². The maximum atomic E-state index is 12.1. The smallest absolute Gasteiger partial charge is 0.251 e. The molecule has 122 valence electrons. The van der Waals surface area contributed by atoms with Crippen molar-refractivity contribution in [2.45, 2.75) is 25.4 Å². The number of H-pyrrole nitrogens is 1. The maximum Gasteiger partial charge on any atom is 0.251 e. The molecule has 0 fully saturated rings. The fourth-order valence-corrected chi connectivity index (χ4v) is 2.65. The first-order valence-corrected chi connectivity index (χ1v) is 8.18. The number of methoxy groups -OCH3 is 1. The number of thioether (sulfide) groups is 1. The Balaban J connectivity index is 2.00. The van der Waals surface area contributed by atoms with Crippen LogP contribution < -0.4 is 15.6 Å². The zero-order valence-corrected chi connectivity index (χ0v) is 14.1. The van der Waals surface area contributed by atoms with Crippen LogP contribution in [0.5, 0.6) is 5.75 Å². The number of benzene rings is 1. The molecule has 2 aromatic rings. The average molecular weight is 333 g/mol. The van der Waals surface area contributed by atoms with Crippen LogP contribution in [0.25, 0.3) is 0 Å². The van der Waals surface area contributed by atoms with Gasteiger partial charge in [-0.2, -0.15) is 0 Å². The fourth-order valence-electron chi connectivity index (χ4n) is 1.95. The van der Waals surface area contributed by atoms with Gasteiger partial charge in [-0.25, -0.2) is 4.98 Å². The highest BCUT2D eigenvalue weighted by atomic mass is 32.2. The van der Waals surface area contributed by atoms with Crippen molar-refractivity contribution >= 4 is 23.4 Å². The van der Waals surface area contributed by atoms with Crippen LogP contribution in [-0.4, -0.2) is 28.7 Å². The number of aryl methyl sites for hydroxylation is 2. The Labute approximate surface area is 138 Å². The maximum absolute atomic E-state index is 12.1. The molecule has 0 unspecified atom stereocenters. The zero-order valence-electron chi connectivity index (χ0n) is 13.3. The van der Waals surface area contributed by atoms with E-state index in [4.69, 9.17) is 4.74 Å². The number of amides is 1. The molecule has 2 rings (SSSR count). The van der Waals surface area contributed by atoms with Crippen LogP contribution in [0.3, 0.4) is 0 Å². The zero-order chi connectivity index (χ0) is 16.8. The number of rotatable bonds is 6. The third kappa shape index (κ3) is 4.85. The molecule has 0 radical (unpaired) electrons. The molecule has 2 N–H and O–H groups in total. The van der Waals surface area contributed by atoms with Gasteiger partial charge in [0.15, 0.2) is 5.16 Å². The van der Waals surface area contributed by atoms with Crippen LogP contribution in [0.2, 0.25) is 0 Å². The minimum atomic E-state index is -0.208. The summed E-state index contributed by atoms with van der Waals surface area (Å²) in [5.74, 6) is 0.567. The lowest BCUT2D eigenvalue weighted by molar-refractivity contribution is -0.113. The number of ether oxygens (including phenoxy) is 1. The summed E-state index contributed by atoms with van der Waals surface area (Å²) in [5, 5.41) is 3.24. The summed E-state index contributed by atoms with van der Waals surface area (Å²) in [4.78, 5) is 30.5. The quantitative estimate of drug-likeness (QED) is 0.626. The summed E-state index contributed by atoms with van der Waals surface area (Å²) in [7, 11) is 1.56. The molecule has 0 atom stereocenters. The molecular weight excluding hydrogens is 314 g/mol. The number of hydrogen-bond donors (Lipinski definition) is 2. The summed E-state index contributed by atoms with van der Waals surface area (Å²) in [6.45, 7) is 3.87. The van der Waals surface area contributed by atoms with Crippen LogP contribution in [0.4, 0.5) is 5.69 Å². The van der Waals surface area contributed by atoms with Crippen LogP contribution in [0.15, 0.2) is 34.2 Å². The summed E-state index contributed by atoms with van der Waals surface area (Å²) >= 11 is 1.19. The van der Waals surface area contributed by atoms with E-state index in [1.807, 2.05) is 26.0 Å². The number of aromatic amines is 1. The third-order valence-corrected chi connectivity index (χ3v) is 3.98. The highest BCUT2D eigenvalue weighted by molar-refractivity contribution is 7.99. The van der Waals surface area contributed by atoms with Crippen molar-refractivity contribution in [1.29, 1.82) is 0 Å². The van der Waals surface area contributed by atoms with Gasteiger partial charge in [0.05, 0.1) is 18.6 Å². The third-order valence-electron chi connectivity index (χ3n) is 3.11. The van der Waals surface area contributed by atoms with Crippen molar-refractivity contribution in [1.82, 2.24) is 9.97 Å². The van der Waals surface area contributed by atoms with E-state index < -0.39 is 0 Å². The van der Waals surface area contributed by atoms with Gasteiger partial charge in [-0.3, -0.25) is 9.59 Å². The monoisotopic (exact) mass is 333 g/mol. The molecule has 6 nitrogen and oxygen atoms in total. The second-order valence-corrected chi connectivity index (χ2v) is 5.90. The molecule has 23 heavy (non-hydrogen) atoms. The molecular formula is C16H19N3O3S. The normalized spacial score (nSPS) is 10.4. The Hall–Kier alpha value is -2.28. The number of nitrogens with zero attached hydrogens (tertiary/aromatic N) is 1. The van der Waals surface area contributed by atoms with Crippen molar-refractivity contribution < 1.29 is 9.53 Å². The van der Waals surface area contributed by atoms with Crippen molar-refractivity contribution in [2.24, 2.45) is 0 Å². The minimum Gasteiger partial charge on any atom is -0.495 e. The number of aromatic nitrogens is 2. The van der Waals surface area contributed by atoms with Crippen molar-refractivity contribution in [3.05, 3.63) is 45.9 Å². The topological polar surface area (TPSA) is 84.1 Å². The minimum absolute atomic E-state index is 0.146. The van der Waals surface area contributed by atoms with E-state index in [2.05, 4.69) is 15.3 Å². The molecule has 0 aliphatic heterocycles. The molecule has 1 heterocycles. The first-order chi connectivity index (χ1) is 11.0. The van der Waals surface area contributed by atoms with Gasteiger partial charge in [0.1, 0.15) is 5.75 Å². The highest BCUT2D eigenvalue weighted by Gasteiger charge is 2.09. The number of nitrogens with one attached hydrogen (secondary N) is 2. The van der Waals surface area contributed by atoms with E-state index in [1.165, 1.54) is 17.8 Å². The second kappa shape index (κ2) is 7.82. The van der Waals surface area contributed by atoms with Gasteiger partial charge in [-0.05, 0) is 31.0 Å². The van der Waals surface area contributed by atoms with Crippen LogP contribution in [0.1, 0.15) is 18.2 Å². The molecule has 0 aliphatic carbocycles. The van der Waals surface area contributed by atoms with E-state index in [1.54, 1.807) is 13.2 Å². The van der Waals surface area contributed by atoms with Crippen LogP contribution in [0, 0.1) is 6.92 Å². The Morgan fingerprint density at radius 2 is 2.17 bits per heavy atom. The first-order valence-electron chi connectivity index (χ1n) is 7.19. The lowest BCUT2D eigenvalue weighted by Crippen LogP contribution is -2.16. The molecule has 0 spiro atoms. The molecule has 1 aromatic carbocycles. The van der Waals surface area contributed by atoms with Gasteiger partial charge in [-0.1, -0.05) is 24.8 Å². The Bertz CT molecular complexity index is 758. The SMILES string of the molecule is CCc1cc(=O)[nH]c(SCC(=O)Nc2ccc(C)cc2OC)n1. The molecule has 1 aromatic heterocycles. The predicted octanol–water partition coefficient (Wildman–Crippen LogP) is 2.38. The molecule has 7 heteroatoms. The highest BCUT2D eigenvalue weighted by Crippen LogP contribution is 2.25. The summed E-state index contributed by atoms with van der Waals surface area (Å²) in [6.07, 6.45) is 0.671. The Morgan fingerprint density at radius 1 is 1.39 bits per heavy atom. The average Bonchev–Trinajstić information content (AvgIpc) is 2.54. The molecule has 0 saturated carbocycles. The fraction of sp³-hybridized carbons (Fsp3) is 0.312. The molecule has 0 bridgehead atoms. The first kappa shape index (κ1) is 17.1. The Kier molecular flexibility index (Phi) is 5.81. The van der Waals surface area contributed by atoms with Gasteiger partial charge in [-0.15, -0.1) is 0 Å². The molecule has 0 saturated heterocycles. The van der Waals surface area contributed by atoms with E-state index in [0.29, 0.717) is 28.7 Å². The van der Waals surface area contributed by atoms with E-state index in [0.717, 1.165) is 5.56 Å². The summed E-state index contributed by atoms with van der Waals surface area (Å²) < 4.78 is 5.25. The predicted molar refractivity (Wildman–Crippen MR) is 91.3 cm³/mol. The summed E-state index contributed by atoms with van der Waals surface area (Å²) in [6, 6.07) is 7.01. The van der Waals surface area contributed by atoms with E-state index in [9.17, 15) is 9.59 Å². The Morgan fingerprint density at radius 3 is 2.87 bits per heavy atom. The second-order valence-electron chi connectivity index (χ2n) is 4.94. The lowest BCUT2D eigenvalue weighted by Gasteiger charge is -2.10. The lowest BCUT2D eigenvalue weighted by atomic mass is 10.2. The summed E-state index contributed by atoms with van der Waals surface area (Å²) in [5.41, 5.74) is 2.16. The number of anilines is 1. The van der Waals surface area contributed by atoms with Crippen LogP contribution >= 0.6 is 11.8 Å². The molecule has 1 amide bonds. The van der Waals surface area contributed by atoms with E-state index in [-0.39, 0.29) is 17.2 Å². The van der Waals surface area contributed by atoms with Gasteiger partial charge in [0, 0.05) is 11.8 Å². The number of carbonyl (C=O) groups is 1. The largest absolute Gasteiger partial charge is 0.495 e. The van der Waals surface area contributed by atoms with Crippen molar-refractivity contribution in [2.75, 3.05) is 18.2 Å². The van der Waals surface area contributed by atoms with Gasteiger partial charge < -0.3 is 15.0 Å². The van der Waals surface area contributed by atoms with Gasteiger partial charge >= 0.3 is 0 Å². The van der Waals surface area contributed by atoms with Crippen LogP contribution in [-0.2, 0) is 11.2 Å². The van der Waals surface area contributed by atoms with Gasteiger partial charge in [0.25, 0.3) is 5.56 Å². The molecule has 0 aliphatic rings. The number of hydrogen-bond acceptors (Lipinski definition) is 5. The standard InChI is InChI=1S/C16H19N3O3S/c1-4-11-8-14(20)19-16(17-11)23-9-15(21)18-12-6-5-10(2)7-13(12)22-3/h5-8H,4,9H2,1-3H3,(H,18,21)(H,17,19,20). The number of carbonyl (C=O) groups excluding carboxylic acids is 1. The van der Waals surface area contributed by atoms with Crippen molar-refractivity contribution in [3.63, 3.8) is 0 Å². The van der Waals surface area contributed by atoms with E-state index >= 15 is 0 Å². The van der Waals surface area contributed by atoms with Crippen molar-refractivity contribution in [3.8, 4) is 5.75 Å².